The molecule has 0 aliphatic carbocycles. The van der Waals surface area contributed by atoms with Gasteiger partial charge in [-0.15, -0.1) is 0 Å². The van der Waals surface area contributed by atoms with E-state index in [9.17, 15) is 28.0 Å². The highest BCUT2D eigenvalue weighted by Crippen LogP contribution is 2.41. The number of ether oxygens (including phenoxy) is 1. The molecule has 3 rings (SSSR count). The quantitative estimate of drug-likeness (QED) is 0.786. The molecule has 0 bridgehead atoms. The number of benzene rings is 1. The number of carboxylic acid groups (broad SMARTS) is 1. The highest BCUT2D eigenvalue weighted by atomic mass is 19.4. The molecular weight excluding hydrogens is 393 g/mol. The zero-order valence-corrected chi connectivity index (χ0v) is 15.3. The third-order valence-electron chi connectivity index (χ3n) is 4.91. The maximum absolute atomic E-state index is 13.8. The molecular formula is C18H19F3N4O4. The fourth-order valence-electron chi connectivity index (χ4n) is 3.61. The topological polar surface area (TPSA) is 106 Å². The molecule has 0 aromatic heterocycles. The molecule has 2 aliphatic heterocycles. The molecule has 0 spiro atoms. The van der Waals surface area contributed by atoms with Gasteiger partial charge in [0.2, 0.25) is 0 Å². The predicted molar refractivity (Wildman–Crippen MR) is 94.7 cm³/mol. The van der Waals surface area contributed by atoms with Crippen molar-refractivity contribution in [3.05, 3.63) is 28.8 Å². The fraction of sp³-hybridized carbons (Fsp3) is 0.500. The van der Waals surface area contributed by atoms with Gasteiger partial charge in [-0.25, -0.2) is 4.79 Å². The Balaban J connectivity index is 2.07. The van der Waals surface area contributed by atoms with Gasteiger partial charge in [0.15, 0.2) is 0 Å². The highest BCUT2D eigenvalue weighted by Gasteiger charge is 2.40. The summed E-state index contributed by atoms with van der Waals surface area (Å²) in [5, 5.41) is 20.3. The second-order valence-electron chi connectivity index (χ2n) is 6.82. The molecule has 2 heterocycles. The number of morpholine rings is 1. The lowest BCUT2D eigenvalue weighted by Crippen LogP contribution is -2.42. The van der Waals surface area contributed by atoms with Crippen LogP contribution >= 0.6 is 0 Å². The van der Waals surface area contributed by atoms with Crippen molar-refractivity contribution in [3.63, 3.8) is 0 Å². The van der Waals surface area contributed by atoms with E-state index in [1.165, 1.54) is 15.9 Å². The number of halogens is 3. The maximum Gasteiger partial charge on any atom is 0.418 e. The highest BCUT2D eigenvalue weighted by molar-refractivity contribution is 6.01. The van der Waals surface area contributed by atoms with Crippen LogP contribution in [0.4, 0.5) is 23.7 Å². The number of alkyl halides is 3. The van der Waals surface area contributed by atoms with Crippen LogP contribution in [0.15, 0.2) is 12.1 Å². The Labute approximate surface area is 164 Å². The summed E-state index contributed by atoms with van der Waals surface area (Å²) >= 11 is 0. The van der Waals surface area contributed by atoms with Crippen molar-refractivity contribution in [3.8, 4) is 6.07 Å². The van der Waals surface area contributed by atoms with Crippen molar-refractivity contribution >= 4 is 17.7 Å². The fourth-order valence-corrected chi connectivity index (χ4v) is 3.61. The van der Waals surface area contributed by atoms with Crippen molar-refractivity contribution in [2.75, 3.05) is 44.3 Å². The standard InChI is InChI=1S/C18H19F3N4O4/c19-18(20,21)14-8-11(9-22)7-13(16(26)24-3-5-29-6-4-24)15(14)25-2-1-12(10-25)23-17(27)28/h7-8,12,23H,1-6,10H2,(H,27,28)/t12-/m1/s1. The van der Waals surface area contributed by atoms with E-state index in [0.29, 0.717) is 6.42 Å². The summed E-state index contributed by atoms with van der Waals surface area (Å²) in [4.78, 5) is 26.7. The molecule has 0 unspecified atom stereocenters. The van der Waals surface area contributed by atoms with Crippen LogP contribution in [0.3, 0.4) is 0 Å². The van der Waals surface area contributed by atoms with Gasteiger partial charge in [-0.05, 0) is 18.6 Å². The third-order valence-corrected chi connectivity index (χ3v) is 4.91. The number of amides is 2. The van der Waals surface area contributed by atoms with Crippen molar-refractivity contribution in [1.82, 2.24) is 10.2 Å². The minimum Gasteiger partial charge on any atom is -0.465 e. The summed E-state index contributed by atoms with van der Waals surface area (Å²) in [6, 6.07) is 3.02. The zero-order valence-electron chi connectivity index (χ0n) is 15.3. The van der Waals surface area contributed by atoms with Gasteiger partial charge >= 0.3 is 12.3 Å². The average molecular weight is 412 g/mol. The molecule has 2 saturated heterocycles. The van der Waals surface area contributed by atoms with Gasteiger partial charge in [0, 0.05) is 26.2 Å². The van der Waals surface area contributed by atoms with Crippen molar-refractivity contribution in [1.29, 1.82) is 5.26 Å². The minimum absolute atomic E-state index is 0.00925. The number of carbonyl (C=O) groups excluding carboxylic acids is 1. The summed E-state index contributed by atoms with van der Waals surface area (Å²) in [5.41, 5.74) is -1.88. The second kappa shape index (κ2) is 8.16. The van der Waals surface area contributed by atoms with E-state index < -0.39 is 29.8 Å². The Morgan fingerprint density at radius 1 is 1.24 bits per heavy atom. The lowest BCUT2D eigenvalue weighted by molar-refractivity contribution is -0.137. The van der Waals surface area contributed by atoms with Crippen LogP contribution < -0.4 is 10.2 Å². The molecule has 156 valence electrons. The number of nitrogens with zero attached hydrogens (tertiary/aromatic N) is 3. The SMILES string of the molecule is N#Cc1cc(C(=O)N2CCOCC2)c(N2CC[C@@H](NC(=O)O)C2)c(C(F)(F)F)c1. The van der Waals surface area contributed by atoms with E-state index in [1.54, 1.807) is 6.07 Å². The molecule has 1 aromatic rings. The summed E-state index contributed by atoms with van der Waals surface area (Å²) in [5.74, 6) is -0.611. The Kier molecular flexibility index (Phi) is 5.83. The largest absolute Gasteiger partial charge is 0.465 e. The third kappa shape index (κ3) is 4.54. The molecule has 2 N–H and O–H groups in total. The molecule has 1 aromatic carbocycles. The normalized spacial score (nSPS) is 19.7. The summed E-state index contributed by atoms with van der Waals surface area (Å²) in [6.45, 7) is 1.16. The van der Waals surface area contributed by atoms with Crippen molar-refractivity contribution in [2.45, 2.75) is 18.6 Å². The number of anilines is 1. The summed E-state index contributed by atoms with van der Waals surface area (Å²) < 4.78 is 46.7. The predicted octanol–water partition coefficient (Wildman–Crippen LogP) is 1.90. The van der Waals surface area contributed by atoms with Crippen LogP contribution in [-0.2, 0) is 10.9 Å². The Morgan fingerprint density at radius 2 is 1.93 bits per heavy atom. The lowest BCUT2D eigenvalue weighted by atomic mass is 10.00. The monoisotopic (exact) mass is 412 g/mol. The number of nitriles is 1. The van der Waals surface area contributed by atoms with Crippen LogP contribution in [0.1, 0.15) is 27.9 Å². The zero-order chi connectivity index (χ0) is 21.2. The number of hydrogen-bond acceptors (Lipinski definition) is 5. The van der Waals surface area contributed by atoms with Crippen LogP contribution in [0.5, 0.6) is 0 Å². The van der Waals surface area contributed by atoms with Gasteiger partial charge in [0.25, 0.3) is 5.91 Å². The number of carbonyl (C=O) groups is 2. The van der Waals surface area contributed by atoms with Gasteiger partial charge in [0.05, 0.1) is 47.7 Å². The average Bonchev–Trinajstić information content (AvgIpc) is 3.13. The maximum atomic E-state index is 13.8. The van der Waals surface area contributed by atoms with Gasteiger partial charge in [-0.1, -0.05) is 0 Å². The van der Waals surface area contributed by atoms with E-state index in [-0.39, 0.29) is 56.2 Å². The summed E-state index contributed by atoms with van der Waals surface area (Å²) in [6.07, 6.45) is -5.76. The molecule has 11 heteroatoms. The van der Waals surface area contributed by atoms with E-state index >= 15 is 0 Å². The van der Waals surface area contributed by atoms with Crippen LogP contribution in [0, 0.1) is 11.3 Å². The molecule has 2 fully saturated rings. The van der Waals surface area contributed by atoms with E-state index in [2.05, 4.69) is 5.32 Å². The number of hydrogen-bond donors (Lipinski definition) is 2. The second-order valence-corrected chi connectivity index (χ2v) is 6.82. The van der Waals surface area contributed by atoms with E-state index in [4.69, 9.17) is 9.84 Å². The van der Waals surface area contributed by atoms with Crippen LogP contribution in [0.25, 0.3) is 0 Å². The van der Waals surface area contributed by atoms with Crippen LogP contribution in [-0.4, -0.2) is 67.4 Å². The Hall–Kier alpha value is -3.00. The first-order valence-corrected chi connectivity index (χ1v) is 8.97. The first-order chi connectivity index (χ1) is 13.7. The first-order valence-electron chi connectivity index (χ1n) is 8.97. The molecule has 8 nitrogen and oxygen atoms in total. The van der Waals surface area contributed by atoms with Crippen molar-refractivity contribution < 1.29 is 32.6 Å². The molecule has 1 atom stereocenters. The minimum atomic E-state index is -4.79. The van der Waals surface area contributed by atoms with Gasteiger partial charge in [-0.2, -0.15) is 18.4 Å². The lowest BCUT2D eigenvalue weighted by Gasteiger charge is -2.31. The Bertz CT molecular complexity index is 847. The molecule has 29 heavy (non-hydrogen) atoms. The summed E-state index contributed by atoms with van der Waals surface area (Å²) in [7, 11) is 0. The molecule has 2 amide bonds. The van der Waals surface area contributed by atoms with Crippen molar-refractivity contribution in [2.24, 2.45) is 0 Å². The molecule has 0 radical (unpaired) electrons. The van der Waals surface area contributed by atoms with Crippen LogP contribution in [0.2, 0.25) is 0 Å². The molecule has 2 aliphatic rings. The van der Waals surface area contributed by atoms with E-state index in [0.717, 1.165) is 6.07 Å². The van der Waals surface area contributed by atoms with Gasteiger partial charge < -0.3 is 25.0 Å². The first kappa shape index (κ1) is 20.7. The van der Waals surface area contributed by atoms with Gasteiger partial charge in [-0.3, -0.25) is 4.79 Å². The smallest absolute Gasteiger partial charge is 0.418 e. The van der Waals surface area contributed by atoms with E-state index in [1.807, 2.05) is 0 Å². The molecule has 0 saturated carbocycles. The van der Waals surface area contributed by atoms with Gasteiger partial charge in [0.1, 0.15) is 0 Å². The number of nitrogens with one attached hydrogen (secondary N) is 1. The number of rotatable bonds is 3. The Morgan fingerprint density at radius 3 is 2.52 bits per heavy atom.